The molecule has 0 spiro atoms. The minimum atomic E-state index is 0.0942. The average Bonchev–Trinajstić information content (AvgIpc) is 3.07. The van der Waals surface area contributed by atoms with Crippen LogP contribution in [0.2, 0.25) is 10.0 Å². The molecular weight excluding hydrogens is 367 g/mol. The number of nitrogens with zero attached hydrogens (tertiary/aromatic N) is 2. The number of hydrogen-bond acceptors (Lipinski definition) is 6. The third-order valence-electron chi connectivity index (χ3n) is 3.30. The molecule has 0 aliphatic carbocycles. The Hall–Kier alpha value is -2.44. The predicted octanol–water partition coefficient (Wildman–Crippen LogP) is 4.64. The number of rotatable bonds is 6. The lowest BCUT2D eigenvalue weighted by Gasteiger charge is -2.07. The van der Waals surface area contributed by atoms with E-state index in [1.807, 2.05) is 0 Å². The highest BCUT2D eigenvalue weighted by Crippen LogP contribution is 2.32. The molecular formula is C17H14Cl2N2O4. The molecule has 0 saturated carbocycles. The number of methoxy groups -OCH3 is 2. The molecule has 2 aromatic carbocycles. The van der Waals surface area contributed by atoms with E-state index in [1.54, 1.807) is 50.6 Å². The van der Waals surface area contributed by atoms with Crippen LogP contribution in [0.15, 0.2) is 40.8 Å². The van der Waals surface area contributed by atoms with Gasteiger partial charge >= 0.3 is 0 Å². The Labute approximate surface area is 154 Å². The topological polar surface area (TPSA) is 66.6 Å². The first-order valence-corrected chi connectivity index (χ1v) is 7.98. The molecule has 25 heavy (non-hydrogen) atoms. The molecule has 0 bridgehead atoms. The molecule has 0 aliphatic heterocycles. The highest BCUT2D eigenvalue weighted by Gasteiger charge is 2.13. The fraction of sp³-hybridized carbons (Fsp3) is 0.176. The van der Waals surface area contributed by atoms with Gasteiger partial charge in [0.2, 0.25) is 5.89 Å². The van der Waals surface area contributed by atoms with Crippen molar-refractivity contribution in [3.8, 4) is 28.7 Å². The van der Waals surface area contributed by atoms with E-state index in [1.165, 1.54) is 0 Å². The summed E-state index contributed by atoms with van der Waals surface area (Å²) in [5.74, 6) is 2.38. The van der Waals surface area contributed by atoms with Gasteiger partial charge in [0.1, 0.15) is 5.75 Å². The van der Waals surface area contributed by atoms with Crippen LogP contribution in [0.1, 0.15) is 5.89 Å². The predicted molar refractivity (Wildman–Crippen MR) is 93.6 cm³/mol. The van der Waals surface area contributed by atoms with Crippen molar-refractivity contribution in [2.45, 2.75) is 6.61 Å². The van der Waals surface area contributed by atoms with E-state index in [9.17, 15) is 0 Å². The van der Waals surface area contributed by atoms with Crippen LogP contribution in [0.25, 0.3) is 11.5 Å². The van der Waals surface area contributed by atoms with Crippen LogP contribution in [-0.2, 0) is 6.61 Å². The zero-order valence-electron chi connectivity index (χ0n) is 13.5. The van der Waals surface area contributed by atoms with Gasteiger partial charge in [-0.25, -0.2) is 0 Å². The van der Waals surface area contributed by atoms with Crippen LogP contribution in [0.4, 0.5) is 0 Å². The molecule has 0 radical (unpaired) electrons. The van der Waals surface area contributed by atoms with Gasteiger partial charge in [-0.15, -0.1) is 10.2 Å². The second-order valence-corrected chi connectivity index (χ2v) is 5.84. The summed E-state index contributed by atoms with van der Waals surface area (Å²) in [6.07, 6.45) is 0. The lowest BCUT2D eigenvalue weighted by molar-refractivity contribution is 0.264. The number of ether oxygens (including phenoxy) is 3. The standard InChI is InChI=1S/C17H14Cl2N2O4/c1-22-14-4-3-10(5-15(14)23-2)17-21-20-16(25-17)9-24-13-7-11(18)6-12(19)8-13/h3-8H,9H2,1-2H3. The summed E-state index contributed by atoms with van der Waals surface area (Å²) in [5, 5.41) is 8.96. The average molecular weight is 381 g/mol. The zero-order chi connectivity index (χ0) is 17.8. The molecule has 0 N–H and O–H groups in total. The maximum Gasteiger partial charge on any atom is 0.254 e. The molecule has 130 valence electrons. The van der Waals surface area contributed by atoms with Gasteiger partial charge in [0.05, 0.1) is 14.2 Å². The van der Waals surface area contributed by atoms with Crippen LogP contribution < -0.4 is 14.2 Å². The molecule has 6 nitrogen and oxygen atoms in total. The summed E-state index contributed by atoms with van der Waals surface area (Å²) >= 11 is 11.9. The lowest BCUT2D eigenvalue weighted by atomic mass is 10.2. The van der Waals surface area contributed by atoms with Gasteiger partial charge in [-0.1, -0.05) is 23.2 Å². The van der Waals surface area contributed by atoms with Crippen LogP contribution in [-0.4, -0.2) is 24.4 Å². The Morgan fingerprint density at radius 1 is 0.920 bits per heavy atom. The Kier molecular flexibility index (Phi) is 5.31. The van der Waals surface area contributed by atoms with Crippen molar-refractivity contribution in [3.05, 3.63) is 52.3 Å². The molecule has 0 atom stereocenters. The maximum absolute atomic E-state index is 5.93. The van der Waals surface area contributed by atoms with E-state index >= 15 is 0 Å². The van der Waals surface area contributed by atoms with E-state index in [0.717, 1.165) is 0 Å². The first-order valence-electron chi connectivity index (χ1n) is 7.22. The van der Waals surface area contributed by atoms with Crippen LogP contribution in [0.5, 0.6) is 17.2 Å². The van der Waals surface area contributed by atoms with Gasteiger partial charge in [0.25, 0.3) is 5.89 Å². The molecule has 0 amide bonds. The fourth-order valence-corrected chi connectivity index (χ4v) is 2.66. The summed E-state index contributed by atoms with van der Waals surface area (Å²) in [4.78, 5) is 0. The van der Waals surface area contributed by atoms with E-state index in [4.69, 9.17) is 41.8 Å². The van der Waals surface area contributed by atoms with Gasteiger partial charge in [0.15, 0.2) is 18.1 Å². The maximum atomic E-state index is 5.93. The summed E-state index contributed by atoms with van der Waals surface area (Å²) in [7, 11) is 3.13. The highest BCUT2D eigenvalue weighted by molar-refractivity contribution is 6.34. The smallest absolute Gasteiger partial charge is 0.254 e. The molecule has 0 aliphatic rings. The number of halogens is 2. The van der Waals surface area contributed by atoms with E-state index in [-0.39, 0.29) is 6.61 Å². The monoisotopic (exact) mass is 380 g/mol. The van der Waals surface area contributed by atoms with Gasteiger partial charge in [-0.2, -0.15) is 0 Å². The second kappa shape index (κ2) is 7.63. The Morgan fingerprint density at radius 3 is 2.32 bits per heavy atom. The Bertz CT molecular complexity index is 863. The van der Waals surface area contributed by atoms with Gasteiger partial charge in [0, 0.05) is 15.6 Å². The molecule has 0 unspecified atom stereocenters. The normalized spacial score (nSPS) is 10.6. The lowest BCUT2D eigenvalue weighted by Crippen LogP contribution is -1.95. The van der Waals surface area contributed by atoms with Gasteiger partial charge in [-0.3, -0.25) is 0 Å². The number of benzene rings is 2. The van der Waals surface area contributed by atoms with Gasteiger partial charge < -0.3 is 18.6 Å². The molecule has 3 aromatic rings. The highest BCUT2D eigenvalue weighted by atomic mass is 35.5. The minimum absolute atomic E-state index is 0.0942. The third-order valence-corrected chi connectivity index (χ3v) is 3.73. The fourth-order valence-electron chi connectivity index (χ4n) is 2.15. The van der Waals surface area contributed by atoms with E-state index < -0.39 is 0 Å². The Balaban J connectivity index is 1.74. The number of aromatic nitrogens is 2. The van der Waals surface area contributed by atoms with Crippen molar-refractivity contribution in [1.29, 1.82) is 0 Å². The Morgan fingerprint density at radius 2 is 1.64 bits per heavy atom. The third kappa shape index (κ3) is 4.15. The van der Waals surface area contributed by atoms with Crippen LogP contribution in [0, 0.1) is 0 Å². The SMILES string of the molecule is COc1ccc(-c2nnc(COc3cc(Cl)cc(Cl)c3)o2)cc1OC. The largest absolute Gasteiger partial charge is 0.493 e. The van der Waals surface area contributed by atoms with Crippen molar-refractivity contribution in [2.24, 2.45) is 0 Å². The summed E-state index contributed by atoms with van der Waals surface area (Å²) < 4.78 is 21.7. The van der Waals surface area contributed by atoms with Gasteiger partial charge in [-0.05, 0) is 36.4 Å². The summed E-state index contributed by atoms with van der Waals surface area (Å²) in [6, 6.07) is 10.3. The van der Waals surface area contributed by atoms with E-state index in [2.05, 4.69) is 10.2 Å². The van der Waals surface area contributed by atoms with Crippen molar-refractivity contribution in [1.82, 2.24) is 10.2 Å². The molecule has 0 saturated heterocycles. The quantitative estimate of drug-likeness (QED) is 0.620. The zero-order valence-corrected chi connectivity index (χ0v) is 15.0. The molecule has 8 heteroatoms. The van der Waals surface area contributed by atoms with Crippen molar-refractivity contribution in [3.63, 3.8) is 0 Å². The molecule has 0 fully saturated rings. The number of hydrogen-bond donors (Lipinski definition) is 0. The molecule has 1 heterocycles. The molecule has 1 aromatic heterocycles. The first-order chi connectivity index (χ1) is 12.1. The molecule has 3 rings (SSSR count). The van der Waals surface area contributed by atoms with Crippen molar-refractivity contribution >= 4 is 23.2 Å². The first kappa shape index (κ1) is 17.4. The van der Waals surface area contributed by atoms with Crippen molar-refractivity contribution in [2.75, 3.05) is 14.2 Å². The van der Waals surface area contributed by atoms with Crippen molar-refractivity contribution < 1.29 is 18.6 Å². The summed E-state index contributed by atoms with van der Waals surface area (Å²) in [6.45, 7) is 0.0942. The summed E-state index contributed by atoms with van der Waals surface area (Å²) in [5.41, 5.74) is 0.710. The van der Waals surface area contributed by atoms with Crippen LogP contribution in [0.3, 0.4) is 0 Å². The van der Waals surface area contributed by atoms with Crippen LogP contribution >= 0.6 is 23.2 Å². The second-order valence-electron chi connectivity index (χ2n) is 4.96. The van der Waals surface area contributed by atoms with E-state index in [0.29, 0.717) is 44.6 Å². The minimum Gasteiger partial charge on any atom is -0.493 e.